The van der Waals surface area contributed by atoms with Crippen molar-refractivity contribution in [2.45, 2.75) is 18.1 Å². The van der Waals surface area contributed by atoms with Gasteiger partial charge in [0.1, 0.15) is 0 Å². The maximum Gasteiger partial charge on any atom is 0.417 e. The molecular formula is C4H3F3O2. The van der Waals surface area contributed by atoms with Crippen LogP contribution in [0.25, 0.3) is 0 Å². The van der Waals surface area contributed by atoms with Crippen molar-refractivity contribution in [2.75, 3.05) is 6.61 Å². The number of fused-ring (bicyclic) bond motifs is 1. The zero-order valence-electron chi connectivity index (χ0n) is 4.23. The van der Waals surface area contributed by atoms with Gasteiger partial charge in [-0.1, -0.05) is 0 Å². The van der Waals surface area contributed by atoms with E-state index < -0.39 is 18.1 Å². The number of hydrogen-bond acceptors (Lipinski definition) is 2. The van der Waals surface area contributed by atoms with Crippen LogP contribution in [0, 0.1) is 0 Å². The summed E-state index contributed by atoms with van der Waals surface area (Å²) in [6, 6.07) is 0. The Kier molecular flexibility index (Phi) is 0.675. The van der Waals surface area contributed by atoms with Crippen LogP contribution < -0.4 is 0 Å². The van der Waals surface area contributed by atoms with Crippen molar-refractivity contribution in [1.82, 2.24) is 0 Å². The van der Waals surface area contributed by atoms with Gasteiger partial charge in [0, 0.05) is 0 Å². The Balaban J connectivity index is 2.28. The van der Waals surface area contributed by atoms with Crippen molar-refractivity contribution in [3.8, 4) is 0 Å². The normalized spacial score (nSPS) is 53.0. The second-order valence-electron chi connectivity index (χ2n) is 2.08. The van der Waals surface area contributed by atoms with E-state index in [4.69, 9.17) is 0 Å². The third-order valence-corrected chi connectivity index (χ3v) is 1.48. The van der Waals surface area contributed by atoms with Crippen LogP contribution in [0.4, 0.5) is 13.2 Å². The summed E-state index contributed by atoms with van der Waals surface area (Å²) in [5.41, 5.74) is 0. The molecule has 2 rings (SSSR count). The van der Waals surface area contributed by atoms with Crippen LogP contribution in [-0.2, 0) is 9.47 Å². The molecule has 0 aromatic rings. The average molecular weight is 140 g/mol. The van der Waals surface area contributed by atoms with Crippen LogP contribution in [-0.4, -0.2) is 24.7 Å². The summed E-state index contributed by atoms with van der Waals surface area (Å²) in [7, 11) is 0. The highest BCUT2D eigenvalue weighted by Crippen LogP contribution is 2.55. The molecule has 2 aliphatic heterocycles. The molecule has 2 unspecified atom stereocenters. The minimum Gasteiger partial charge on any atom is -0.325 e. The molecule has 5 heteroatoms. The van der Waals surface area contributed by atoms with E-state index in [1.165, 1.54) is 0 Å². The second-order valence-corrected chi connectivity index (χ2v) is 2.08. The predicted molar refractivity (Wildman–Crippen MR) is 19.6 cm³/mol. The van der Waals surface area contributed by atoms with E-state index in [0.717, 1.165) is 0 Å². The van der Waals surface area contributed by atoms with Gasteiger partial charge in [-0.25, -0.2) is 0 Å². The zero-order chi connectivity index (χ0) is 6.70. The third-order valence-electron chi connectivity index (χ3n) is 1.48. The van der Waals surface area contributed by atoms with Crippen molar-refractivity contribution in [3.63, 3.8) is 0 Å². The Labute approximate surface area is 48.5 Å². The summed E-state index contributed by atoms with van der Waals surface area (Å²) in [5.74, 6) is -2.80. The van der Waals surface area contributed by atoms with E-state index in [2.05, 4.69) is 9.47 Å². The monoisotopic (exact) mass is 140 g/mol. The Bertz CT molecular complexity index is 155. The van der Waals surface area contributed by atoms with Crippen molar-refractivity contribution in [2.24, 2.45) is 0 Å². The summed E-state index contributed by atoms with van der Waals surface area (Å²) < 4.78 is 44.2. The molecule has 0 aromatic heterocycles. The molecule has 2 nitrogen and oxygen atoms in total. The van der Waals surface area contributed by atoms with E-state index in [9.17, 15) is 13.2 Å². The quantitative estimate of drug-likeness (QED) is 0.461. The molecule has 0 bridgehead atoms. The Hall–Kier alpha value is -0.290. The molecule has 0 spiro atoms. The molecular weight excluding hydrogens is 137 g/mol. The molecule has 0 saturated carbocycles. The van der Waals surface area contributed by atoms with Crippen molar-refractivity contribution >= 4 is 0 Å². The van der Waals surface area contributed by atoms with Gasteiger partial charge in [-0.2, -0.15) is 13.2 Å². The minimum absolute atomic E-state index is 0.344. The van der Waals surface area contributed by atoms with Crippen LogP contribution >= 0.6 is 0 Å². The van der Waals surface area contributed by atoms with Gasteiger partial charge >= 0.3 is 12.0 Å². The highest BCUT2D eigenvalue weighted by molar-refractivity contribution is 5.04. The zero-order valence-corrected chi connectivity index (χ0v) is 4.23. The number of epoxide rings is 1. The van der Waals surface area contributed by atoms with Crippen LogP contribution in [0.5, 0.6) is 0 Å². The van der Waals surface area contributed by atoms with Gasteiger partial charge in [0.25, 0.3) is 0 Å². The first-order valence-electron chi connectivity index (χ1n) is 2.45. The first kappa shape index (κ1) is 5.49. The molecule has 2 aliphatic rings. The maximum atomic E-state index is 12.4. The molecule has 9 heavy (non-hydrogen) atoms. The van der Waals surface area contributed by atoms with Crippen molar-refractivity contribution in [3.05, 3.63) is 0 Å². The SMILES string of the molecule is FC1(F)OCC2OC21F. The van der Waals surface area contributed by atoms with Gasteiger partial charge in [-0.15, -0.1) is 0 Å². The van der Waals surface area contributed by atoms with Crippen LogP contribution in [0.3, 0.4) is 0 Å². The number of alkyl halides is 3. The van der Waals surface area contributed by atoms with Gasteiger partial charge in [0.15, 0.2) is 6.10 Å². The Morgan fingerprint density at radius 2 is 2.00 bits per heavy atom. The van der Waals surface area contributed by atoms with Crippen LogP contribution in [0.1, 0.15) is 0 Å². The highest BCUT2D eigenvalue weighted by atomic mass is 19.3. The third kappa shape index (κ3) is 0.447. The molecule has 0 aromatic carbocycles. The largest absolute Gasteiger partial charge is 0.417 e. The van der Waals surface area contributed by atoms with E-state index in [1.54, 1.807) is 0 Å². The first-order valence-corrected chi connectivity index (χ1v) is 2.45. The van der Waals surface area contributed by atoms with Gasteiger partial charge in [0.2, 0.25) is 0 Å². The number of halogens is 3. The predicted octanol–water partition coefficient (Wildman–Crippen LogP) is 0.674. The summed E-state index contributed by atoms with van der Waals surface area (Å²) in [5, 5.41) is 0. The second kappa shape index (κ2) is 1.11. The standard InChI is InChI=1S/C4H3F3O2/c5-3-2(9-3)1-8-4(3,6)7/h2H,1H2. The highest BCUT2D eigenvalue weighted by Gasteiger charge is 2.80. The summed E-state index contributed by atoms with van der Waals surface area (Å²) in [6.45, 7) is -0.344. The summed E-state index contributed by atoms with van der Waals surface area (Å²) in [6.07, 6.45) is -4.76. The van der Waals surface area contributed by atoms with Crippen LogP contribution in [0.2, 0.25) is 0 Å². The first-order chi connectivity index (χ1) is 4.06. The molecule has 2 saturated heterocycles. The smallest absolute Gasteiger partial charge is 0.325 e. The topological polar surface area (TPSA) is 21.8 Å². The lowest BCUT2D eigenvalue weighted by Crippen LogP contribution is -2.31. The van der Waals surface area contributed by atoms with Crippen LogP contribution in [0.15, 0.2) is 0 Å². The van der Waals surface area contributed by atoms with Gasteiger partial charge < -0.3 is 9.47 Å². The number of hydrogen-bond donors (Lipinski definition) is 0. The Morgan fingerprint density at radius 1 is 1.33 bits per heavy atom. The fourth-order valence-electron chi connectivity index (χ4n) is 0.849. The summed E-state index contributed by atoms with van der Waals surface area (Å²) in [4.78, 5) is 0. The lowest BCUT2D eigenvalue weighted by Gasteiger charge is -2.10. The molecule has 0 N–H and O–H groups in total. The fraction of sp³-hybridized carbons (Fsp3) is 1.00. The number of ether oxygens (including phenoxy) is 2. The summed E-state index contributed by atoms with van der Waals surface area (Å²) >= 11 is 0. The molecule has 2 heterocycles. The molecule has 0 radical (unpaired) electrons. The van der Waals surface area contributed by atoms with E-state index in [1.807, 2.05) is 0 Å². The average Bonchev–Trinajstić information content (AvgIpc) is 2.34. The molecule has 0 amide bonds. The van der Waals surface area contributed by atoms with E-state index >= 15 is 0 Å². The Morgan fingerprint density at radius 3 is 2.11 bits per heavy atom. The maximum absolute atomic E-state index is 12.4. The molecule has 2 fully saturated rings. The fourth-order valence-corrected chi connectivity index (χ4v) is 0.849. The lowest BCUT2D eigenvalue weighted by molar-refractivity contribution is -0.291. The molecule has 2 atom stereocenters. The van der Waals surface area contributed by atoms with Crippen molar-refractivity contribution in [1.29, 1.82) is 0 Å². The molecule has 0 aliphatic carbocycles. The lowest BCUT2D eigenvalue weighted by atomic mass is 10.3. The van der Waals surface area contributed by atoms with Gasteiger partial charge in [0.05, 0.1) is 6.61 Å². The van der Waals surface area contributed by atoms with Gasteiger partial charge in [-0.3, -0.25) is 0 Å². The number of rotatable bonds is 0. The van der Waals surface area contributed by atoms with E-state index in [-0.39, 0.29) is 6.61 Å². The van der Waals surface area contributed by atoms with Gasteiger partial charge in [-0.05, 0) is 0 Å². The molecule has 52 valence electrons. The minimum atomic E-state index is -3.72. The van der Waals surface area contributed by atoms with Crippen molar-refractivity contribution < 1.29 is 22.6 Å². The van der Waals surface area contributed by atoms with E-state index in [0.29, 0.717) is 0 Å².